The summed E-state index contributed by atoms with van der Waals surface area (Å²) in [6.07, 6.45) is 0.949. The zero-order valence-corrected chi connectivity index (χ0v) is 11.4. The van der Waals surface area contributed by atoms with E-state index in [4.69, 9.17) is 18.0 Å². The maximum absolute atomic E-state index is 5.86. The van der Waals surface area contributed by atoms with E-state index in [2.05, 4.69) is 46.6 Å². The summed E-state index contributed by atoms with van der Waals surface area (Å²) in [6, 6.07) is 14.8. The number of hydrogen-bond acceptors (Lipinski definition) is 3. The zero-order chi connectivity index (χ0) is 13.7. The molecule has 98 valence electrons. The van der Waals surface area contributed by atoms with Crippen molar-refractivity contribution in [3.05, 3.63) is 58.4 Å². The molecule has 1 aliphatic rings. The molecule has 20 heavy (non-hydrogen) atoms. The topological polar surface area (TPSA) is 59.6 Å². The van der Waals surface area contributed by atoms with Crippen LogP contribution in [0.5, 0.6) is 0 Å². The fourth-order valence-corrected chi connectivity index (χ4v) is 3.07. The monoisotopic (exact) mass is 280 g/mol. The minimum absolute atomic E-state index is 0.380. The summed E-state index contributed by atoms with van der Waals surface area (Å²) in [5.74, 6) is 0.380. The normalized spacial score (nSPS) is 12.2. The summed E-state index contributed by atoms with van der Waals surface area (Å²) in [5, 5.41) is 6.66. The summed E-state index contributed by atoms with van der Waals surface area (Å²) >= 11 is 5.22. The summed E-state index contributed by atoms with van der Waals surface area (Å²) < 4.78 is 2.26. The molecule has 0 saturated carbocycles. The highest BCUT2D eigenvalue weighted by Crippen LogP contribution is 2.37. The Labute approximate surface area is 120 Å². The largest absolute Gasteiger partial charge is 0.368 e. The van der Waals surface area contributed by atoms with Crippen molar-refractivity contribution in [2.24, 2.45) is 0 Å². The number of anilines is 1. The first-order valence-electron chi connectivity index (χ1n) is 6.38. The Kier molecular flexibility index (Phi) is 2.31. The first-order valence-corrected chi connectivity index (χ1v) is 6.79. The van der Waals surface area contributed by atoms with Crippen LogP contribution in [0.4, 0.5) is 5.95 Å². The molecule has 0 atom stereocenters. The van der Waals surface area contributed by atoms with E-state index < -0.39 is 0 Å². The van der Waals surface area contributed by atoms with E-state index in [-0.39, 0.29) is 0 Å². The van der Waals surface area contributed by atoms with Crippen LogP contribution in [0.15, 0.2) is 42.5 Å². The van der Waals surface area contributed by atoms with E-state index in [1.807, 2.05) is 6.07 Å². The highest BCUT2D eigenvalue weighted by molar-refractivity contribution is 7.71. The fraction of sp³-hybridized carbons (Fsp3) is 0.0667. The van der Waals surface area contributed by atoms with E-state index in [0.717, 1.165) is 12.1 Å². The minimum atomic E-state index is 0.380. The van der Waals surface area contributed by atoms with Crippen LogP contribution in [0, 0.1) is 4.77 Å². The van der Waals surface area contributed by atoms with Gasteiger partial charge in [-0.25, -0.2) is 5.10 Å². The number of hydrogen-bond donors (Lipinski definition) is 2. The molecule has 4 rings (SSSR count). The Morgan fingerprint density at radius 3 is 2.70 bits per heavy atom. The van der Waals surface area contributed by atoms with Crippen LogP contribution in [-0.2, 0) is 6.42 Å². The van der Waals surface area contributed by atoms with Crippen LogP contribution in [0.3, 0.4) is 0 Å². The van der Waals surface area contributed by atoms with Gasteiger partial charge < -0.3 is 5.73 Å². The summed E-state index contributed by atoms with van der Waals surface area (Å²) in [6.45, 7) is 0. The van der Waals surface area contributed by atoms with Crippen LogP contribution in [0.2, 0.25) is 0 Å². The van der Waals surface area contributed by atoms with Gasteiger partial charge in [0.15, 0.2) is 0 Å². The predicted molar refractivity (Wildman–Crippen MR) is 81.4 cm³/mol. The molecular weight excluding hydrogens is 268 g/mol. The van der Waals surface area contributed by atoms with Gasteiger partial charge in [-0.2, -0.15) is 0 Å². The second-order valence-electron chi connectivity index (χ2n) is 4.90. The van der Waals surface area contributed by atoms with Crippen molar-refractivity contribution in [3.8, 4) is 16.8 Å². The Hall–Kier alpha value is -2.40. The van der Waals surface area contributed by atoms with Crippen molar-refractivity contribution in [3.63, 3.8) is 0 Å². The van der Waals surface area contributed by atoms with Gasteiger partial charge in [0.25, 0.3) is 0 Å². The molecule has 0 aliphatic heterocycles. The lowest BCUT2D eigenvalue weighted by molar-refractivity contribution is 1.03. The maximum Gasteiger partial charge on any atom is 0.225 e. The molecular formula is C15H12N4S. The molecule has 1 heterocycles. The molecule has 0 unspecified atom stereocenters. The van der Waals surface area contributed by atoms with Gasteiger partial charge in [0, 0.05) is 0 Å². The molecule has 2 aromatic carbocycles. The number of rotatable bonds is 1. The van der Waals surface area contributed by atoms with Gasteiger partial charge in [-0.3, -0.25) is 4.57 Å². The number of nitrogens with one attached hydrogen (secondary N) is 1. The highest BCUT2D eigenvalue weighted by atomic mass is 32.1. The molecule has 0 fully saturated rings. The molecule has 0 radical (unpaired) electrons. The van der Waals surface area contributed by atoms with Crippen molar-refractivity contribution >= 4 is 18.2 Å². The van der Waals surface area contributed by atoms with Gasteiger partial charge in [0.05, 0.1) is 5.69 Å². The number of nitrogens with two attached hydrogens (primary N) is 1. The van der Waals surface area contributed by atoms with Crippen LogP contribution >= 0.6 is 12.2 Å². The van der Waals surface area contributed by atoms with Crippen LogP contribution < -0.4 is 5.73 Å². The summed E-state index contributed by atoms with van der Waals surface area (Å²) in [4.78, 5) is 0. The average molecular weight is 280 g/mol. The van der Waals surface area contributed by atoms with Gasteiger partial charge in [-0.15, -0.1) is 5.10 Å². The van der Waals surface area contributed by atoms with Crippen molar-refractivity contribution in [1.29, 1.82) is 0 Å². The lowest BCUT2D eigenvalue weighted by Crippen LogP contribution is -2.01. The smallest absolute Gasteiger partial charge is 0.225 e. The number of aromatic nitrogens is 3. The van der Waals surface area contributed by atoms with Gasteiger partial charge in [0.2, 0.25) is 10.7 Å². The zero-order valence-electron chi connectivity index (χ0n) is 10.6. The van der Waals surface area contributed by atoms with Gasteiger partial charge >= 0.3 is 0 Å². The second kappa shape index (κ2) is 4.05. The van der Waals surface area contributed by atoms with Crippen LogP contribution in [0.25, 0.3) is 16.8 Å². The lowest BCUT2D eigenvalue weighted by atomic mass is 10.1. The molecule has 3 N–H and O–H groups in total. The number of fused-ring (bicyclic) bond motifs is 3. The van der Waals surface area contributed by atoms with Gasteiger partial charge in [0.1, 0.15) is 0 Å². The highest BCUT2D eigenvalue weighted by Gasteiger charge is 2.18. The van der Waals surface area contributed by atoms with Crippen molar-refractivity contribution in [1.82, 2.24) is 14.8 Å². The van der Waals surface area contributed by atoms with Gasteiger partial charge in [-0.05, 0) is 53.0 Å². The Morgan fingerprint density at radius 2 is 1.90 bits per heavy atom. The van der Waals surface area contributed by atoms with Crippen LogP contribution in [-0.4, -0.2) is 14.8 Å². The number of H-pyrrole nitrogens is 1. The van der Waals surface area contributed by atoms with Gasteiger partial charge in [-0.1, -0.05) is 30.3 Å². The SMILES string of the molecule is Nc1n[nH]c(=S)n1-c1ccc2c(c1)Cc1ccccc1-2. The minimum Gasteiger partial charge on any atom is -0.368 e. The molecule has 0 amide bonds. The average Bonchev–Trinajstić information content (AvgIpc) is 2.98. The number of benzene rings is 2. The molecule has 3 aromatic rings. The standard InChI is InChI=1S/C15H12N4S/c16-14-17-18-15(20)19(14)11-5-6-13-10(8-11)7-9-3-1-2-4-12(9)13/h1-6,8H,7H2,(H2,16,17)(H,18,20). The quantitative estimate of drug-likeness (QED) is 0.527. The van der Waals surface area contributed by atoms with E-state index in [0.29, 0.717) is 10.7 Å². The summed E-state index contributed by atoms with van der Waals surface area (Å²) in [5.41, 5.74) is 12.1. The molecule has 5 heteroatoms. The molecule has 0 spiro atoms. The Balaban J connectivity index is 1.89. The van der Waals surface area contributed by atoms with Crippen LogP contribution in [0.1, 0.15) is 11.1 Å². The van der Waals surface area contributed by atoms with Crippen molar-refractivity contribution in [2.45, 2.75) is 6.42 Å². The number of aromatic amines is 1. The molecule has 1 aliphatic carbocycles. The van der Waals surface area contributed by atoms with E-state index in [1.165, 1.54) is 22.3 Å². The predicted octanol–water partition coefficient (Wildman–Crippen LogP) is 3.08. The molecule has 4 nitrogen and oxygen atoms in total. The molecule has 1 aromatic heterocycles. The Bertz CT molecular complexity index is 876. The lowest BCUT2D eigenvalue weighted by Gasteiger charge is -2.07. The van der Waals surface area contributed by atoms with Crippen molar-refractivity contribution in [2.75, 3.05) is 5.73 Å². The van der Waals surface area contributed by atoms with E-state index in [1.54, 1.807) is 4.57 Å². The first-order chi connectivity index (χ1) is 9.74. The van der Waals surface area contributed by atoms with Crippen molar-refractivity contribution < 1.29 is 0 Å². The van der Waals surface area contributed by atoms with E-state index in [9.17, 15) is 0 Å². The Morgan fingerprint density at radius 1 is 1.10 bits per heavy atom. The molecule has 0 bridgehead atoms. The summed E-state index contributed by atoms with van der Waals surface area (Å²) in [7, 11) is 0. The third-order valence-electron chi connectivity index (χ3n) is 3.73. The number of nitrogen functional groups attached to an aromatic ring is 1. The fourth-order valence-electron chi connectivity index (χ4n) is 2.83. The molecule has 0 saturated heterocycles. The second-order valence-corrected chi connectivity index (χ2v) is 5.28. The maximum atomic E-state index is 5.86. The number of nitrogens with zero attached hydrogens (tertiary/aromatic N) is 2. The third kappa shape index (κ3) is 1.53. The first kappa shape index (κ1) is 11.4. The third-order valence-corrected chi connectivity index (χ3v) is 4.01. The van der Waals surface area contributed by atoms with E-state index >= 15 is 0 Å².